The van der Waals surface area contributed by atoms with Gasteiger partial charge in [-0.15, -0.1) is 0 Å². The molecule has 4 nitrogen and oxygen atoms in total. The first kappa shape index (κ1) is 9.18. The molecule has 2 unspecified atom stereocenters. The molecule has 0 aliphatic rings. The fourth-order valence-corrected chi connectivity index (χ4v) is 1.38. The Balaban J connectivity index is 2.43. The van der Waals surface area contributed by atoms with Gasteiger partial charge < -0.3 is 15.9 Å². The molecule has 0 radical (unpaired) electrons. The molecule has 1 heterocycles. The molecule has 0 amide bonds. The highest BCUT2D eigenvalue weighted by Gasteiger charge is 2.11. The molecule has 1 aromatic carbocycles. The van der Waals surface area contributed by atoms with Crippen molar-refractivity contribution in [3.05, 3.63) is 30.2 Å². The van der Waals surface area contributed by atoms with Crippen LogP contribution < -0.4 is 11.5 Å². The third-order valence-corrected chi connectivity index (χ3v) is 2.31. The van der Waals surface area contributed by atoms with E-state index in [2.05, 4.69) is 4.98 Å². The Hall–Kier alpha value is -1.39. The van der Waals surface area contributed by atoms with Gasteiger partial charge in [-0.2, -0.15) is 0 Å². The second-order valence-corrected chi connectivity index (χ2v) is 3.46. The van der Waals surface area contributed by atoms with E-state index in [1.165, 1.54) is 6.39 Å². The van der Waals surface area contributed by atoms with E-state index in [9.17, 15) is 0 Å². The van der Waals surface area contributed by atoms with Crippen LogP contribution in [0.3, 0.4) is 0 Å². The van der Waals surface area contributed by atoms with E-state index in [1.807, 2.05) is 25.1 Å². The number of aromatic nitrogens is 1. The van der Waals surface area contributed by atoms with Crippen LogP contribution in [0, 0.1) is 0 Å². The van der Waals surface area contributed by atoms with Crippen LogP contribution in [0.15, 0.2) is 29.0 Å². The van der Waals surface area contributed by atoms with E-state index >= 15 is 0 Å². The number of nitrogens with zero attached hydrogens (tertiary/aromatic N) is 1. The summed E-state index contributed by atoms with van der Waals surface area (Å²) in [6, 6.07) is 5.46. The Morgan fingerprint density at radius 2 is 2.14 bits per heavy atom. The van der Waals surface area contributed by atoms with Gasteiger partial charge in [0.05, 0.1) is 0 Å². The largest absolute Gasteiger partial charge is 0.443 e. The molecule has 0 saturated heterocycles. The number of nitrogens with two attached hydrogens (primary N) is 2. The Morgan fingerprint density at radius 3 is 2.86 bits per heavy atom. The minimum Gasteiger partial charge on any atom is -0.443 e. The molecule has 0 spiro atoms. The van der Waals surface area contributed by atoms with Crippen molar-refractivity contribution in [1.29, 1.82) is 0 Å². The maximum atomic E-state index is 5.91. The zero-order chi connectivity index (χ0) is 10.1. The highest BCUT2D eigenvalue weighted by Crippen LogP contribution is 2.19. The van der Waals surface area contributed by atoms with Crippen LogP contribution in [0.5, 0.6) is 0 Å². The minimum absolute atomic E-state index is 0.0737. The molecule has 0 fully saturated rings. The van der Waals surface area contributed by atoms with Crippen molar-refractivity contribution in [1.82, 2.24) is 4.98 Å². The van der Waals surface area contributed by atoms with E-state index < -0.39 is 0 Å². The van der Waals surface area contributed by atoms with Crippen LogP contribution in [0.1, 0.15) is 18.5 Å². The molecule has 0 aliphatic heterocycles. The quantitative estimate of drug-likeness (QED) is 0.747. The van der Waals surface area contributed by atoms with Gasteiger partial charge in [0.1, 0.15) is 5.52 Å². The van der Waals surface area contributed by atoms with Crippen LogP contribution >= 0.6 is 0 Å². The van der Waals surface area contributed by atoms with Crippen molar-refractivity contribution in [3.63, 3.8) is 0 Å². The summed E-state index contributed by atoms with van der Waals surface area (Å²) in [5, 5.41) is 0. The lowest BCUT2D eigenvalue weighted by molar-refractivity contribution is 0.582. The maximum absolute atomic E-state index is 5.91. The van der Waals surface area contributed by atoms with Gasteiger partial charge in [-0.1, -0.05) is 6.07 Å². The highest BCUT2D eigenvalue weighted by atomic mass is 16.3. The fourth-order valence-electron chi connectivity index (χ4n) is 1.38. The summed E-state index contributed by atoms with van der Waals surface area (Å²) < 4.78 is 5.18. The van der Waals surface area contributed by atoms with Crippen molar-refractivity contribution in [2.24, 2.45) is 11.5 Å². The van der Waals surface area contributed by atoms with Crippen LogP contribution in [-0.2, 0) is 0 Å². The highest BCUT2D eigenvalue weighted by molar-refractivity contribution is 5.72. The first-order valence-electron chi connectivity index (χ1n) is 4.53. The van der Waals surface area contributed by atoms with Crippen molar-refractivity contribution in [2.45, 2.75) is 19.0 Å². The maximum Gasteiger partial charge on any atom is 0.181 e. The third-order valence-electron chi connectivity index (χ3n) is 2.31. The number of hydrogen-bond acceptors (Lipinski definition) is 4. The van der Waals surface area contributed by atoms with Gasteiger partial charge >= 0.3 is 0 Å². The summed E-state index contributed by atoms with van der Waals surface area (Å²) >= 11 is 0. The van der Waals surface area contributed by atoms with E-state index in [0.29, 0.717) is 0 Å². The Labute approximate surface area is 81.9 Å². The number of benzene rings is 1. The molecule has 2 atom stereocenters. The summed E-state index contributed by atoms with van der Waals surface area (Å²) in [6.07, 6.45) is 1.42. The molecule has 1 aromatic heterocycles. The smallest absolute Gasteiger partial charge is 0.181 e. The summed E-state index contributed by atoms with van der Waals surface area (Å²) in [4.78, 5) is 4.03. The summed E-state index contributed by atoms with van der Waals surface area (Å²) in [7, 11) is 0. The predicted octanol–water partition coefficient (Wildman–Crippen LogP) is 1.17. The normalized spacial score (nSPS) is 15.6. The van der Waals surface area contributed by atoms with Crippen molar-refractivity contribution < 1.29 is 4.42 Å². The monoisotopic (exact) mass is 191 g/mol. The Kier molecular flexibility index (Phi) is 2.23. The van der Waals surface area contributed by atoms with Gasteiger partial charge in [0.15, 0.2) is 12.0 Å². The number of oxazole rings is 1. The zero-order valence-corrected chi connectivity index (χ0v) is 7.97. The predicted molar refractivity (Wildman–Crippen MR) is 54.6 cm³/mol. The molecule has 74 valence electrons. The molecule has 0 saturated carbocycles. The Bertz CT molecular complexity index is 436. The summed E-state index contributed by atoms with van der Waals surface area (Å²) in [5.41, 5.74) is 14.2. The van der Waals surface area contributed by atoms with Gasteiger partial charge in [0, 0.05) is 12.1 Å². The van der Waals surface area contributed by atoms with Crippen LogP contribution in [0.4, 0.5) is 0 Å². The fraction of sp³-hybridized carbons (Fsp3) is 0.300. The average molecular weight is 191 g/mol. The third kappa shape index (κ3) is 1.49. The van der Waals surface area contributed by atoms with Gasteiger partial charge in [0.25, 0.3) is 0 Å². The van der Waals surface area contributed by atoms with Gasteiger partial charge in [0.2, 0.25) is 0 Å². The van der Waals surface area contributed by atoms with Gasteiger partial charge in [-0.25, -0.2) is 4.98 Å². The molecular formula is C10H13N3O. The second-order valence-electron chi connectivity index (χ2n) is 3.46. The molecule has 14 heavy (non-hydrogen) atoms. The molecular weight excluding hydrogens is 178 g/mol. The number of hydrogen-bond donors (Lipinski definition) is 2. The average Bonchev–Trinajstić information content (AvgIpc) is 2.62. The van der Waals surface area contributed by atoms with Crippen molar-refractivity contribution in [3.8, 4) is 0 Å². The van der Waals surface area contributed by atoms with E-state index in [0.717, 1.165) is 16.7 Å². The van der Waals surface area contributed by atoms with Crippen LogP contribution in [0.2, 0.25) is 0 Å². The lowest BCUT2D eigenvalue weighted by atomic mass is 10.0. The minimum atomic E-state index is -0.163. The summed E-state index contributed by atoms with van der Waals surface area (Å²) in [5.74, 6) is 0. The lowest BCUT2D eigenvalue weighted by Crippen LogP contribution is -2.30. The van der Waals surface area contributed by atoms with Crippen molar-refractivity contribution in [2.75, 3.05) is 0 Å². The van der Waals surface area contributed by atoms with E-state index in [4.69, 9.17) is 15.9 Å². The standard InChI is InChI=1S/C10H13N3O/c1-6(11)10(12)7-2-3-8-9(4-7)14-5-13-8/h2-6,10H,11-12H2,1H3. The Morgan fingerprint density at radius 1 is 1.36 bits per heavy atom. The SMILES string of the molecule is CC(N)C(N)c1ccc2ncoc2c1. The lowest BCUT2D eigenvalue weighted by Gasteiger charge is -2.15. The molecule has 4 heteroatoms. The molecule has 4 N–H and O–H groups in total. The van der Waals surface area contributed by atoms with E-state index in [1.54, 1.807) is 0 Å². The van der Waals surface area contributed by atoms with Crippen LogP contribution in [0.25, 0.3) is 11.1 Å². The zero-order valence-electron chi connectivity index (χ0n) is 7.97. The first-order chi connectivity index (χ1) is 6.68. The number of fused-ring (bicyclic) bond motifs is 1. The number of rotatable bonds is 2. The van der Waals surface area contributed by atoms with Gasteiger partial charge in [-0.05, 0) is 24.6 Å². The molecule has 2 aromatic rings. The van der Waals surface area contributed by atoms with Gasteiger partial charge in [-0.3, -0.25) is 0 Å². The first-order valence-corrected chi connectivity index (χ1v) is 4.53. The molecule has 0 bridgehead atoms. The van der Waals surface area contributed by atoms with Crippen LogP contribution in [-0.4, -0.2) is 11.0 Å². The molecule has 0 aliphatic carbocycles. The topological polar surface area (TPSA) is 78.1 Å². The van der Waals surface area contributed by atoms with E-state index in [-0.39, 0.29) is 12.1 Å². The second kappa shape index (κ2) is 3.40. The summed E-state index contributed by atoms with van der Waals surface area (Å²) in [6.45, 7) is 1.88. The molecule has 2 rings (SSSR count). The van der Waals surface area contributed by atoms with Crippen molar-refractivity contribution >= 4 is 11.1 Å².